The largest absolute Gasteiger partial charge is 0.464 e. The van der Waals surface area contributed by atoms with E-state index in [1.54, 1.807) is 6.92 Å². The topological polar surface area (TPSA) is 61.2 Å². The predicted molar refractivity (Wildman–Crippen MR) is 74.1 cm³/mol. The summed E-state index contributed by atoms with van der Waals surface area (Å²) in [5.41, 5.74) is 1.02. The highest BCUT2D eigenvalue weighted by molar-refractivity contribution is 6.30. The van der Waals surface area contributed by atoms with Crippen molar-refractivity contribution in [2.45, 2.75) is 51.0 Å². The first kappa shape index (κ1) is 13.6. The molecule has 2 aliphatic rings. The Morgan fingerprint density at radius 2 is 2.20 bits per heavy atom. The van der Waals surface area contributed by atoms with Crippen molar-refractivity contribution in [2.24, 2.45) is 0 Å². The smallest absolute Gasteiger partial charge is 0.329 e. The fourth-order valence-corrected chi connectivity index (χ4v) is 3.21. The van der Waals surface area contributed by atoms with Gasteiger partial charge in [0.1, 0.15) is 16.9 Å². The Morgan fingerprint density at radius 1 is 1.45 bits per heavy atom. The molecule has 6 heteroatoms. The van der Waals surface area contributed by atoms with Crippen LogP contribution in [0, 0.1) is 0 Å². The number of hydrogen-bond donors (Lipinski definition) is 0. The lowest BCUT2D eigenvalue weighted by molar-refractivity contribution is -0.147. The van der Waals surface area contributed by atoms with Gasteiger partial charge in [0, 0.05) is 5.92 Å². The molecule has 5 nitrogen and oxygen atoms in total. The predicted octanol–water partition coefficient (Wildman–Crippen LogP) is 2.21. The van der Waals surface area contributed by atoms with E-state index in [0.29, 0.717) is 36.0 Å². The van der Waals surface area contributed by atoms with Crippen LogP contribution in [0.1, 0.15) is 56.0 Å². The normalized spacial score (nSPS) is 21.4. The SMILES string of the molecule is CCOC(=O)[C@@H]1CCc2c(Cl)nc(C3CCC3)c(=O)n21. The first-order chi connectivity index (χ1) is 9.63. The lowest BCUT2D eigenvalue weighted by Crippen LogP contribution is -2.34. The molecule has 0 spiro atoms. The van der Waals surface area contributed by atoms with Crippen molar-refractivity contribution >= 4 is 17.6 Å². The molecule has 1 saturated carbocycles. The van der Waals surface area contributed by atoms with E-state index in [2.05, 4.69) is 4.98 Å². The molecular weight excluding hydrogens is 280 g/mol. The second-order valence-electron chi connectivity index (χ2n) is 5.34. The monoisotopic (exact) mass is 296 g/mol. The molecule has 0 unspecified atom stereocenters. The van der Waals surface area contributed by atoms with Crippen LogP contribution in [0.2, 0.25) is 5.15 Å². The van der Waals surface area contributed by atoms with Crippen LogP contribution in [0.15, 0.2) is 4.79 Å². The van der Waals surface area contributed by atoms with Gasteiger partial charge in [-0.3, -0.25) is 9.36 Å². The standard InChI is InChI=1S/C14H17ClN2O3/c1-2-20-14(19)10-7-6-9-12(15)16-11(8-4-3-5-8)13(18)17(9)10/h8,10H,2-7H2,1H3/t10-/m0/s1. The molecule has 20 heavy (non-hydrogen) atoms. The molecule has 1 aromatic heterocycles. The first-order valence-electron chi connectivity index (χ1n) is 7.11. The third-order valence-corrected chi connectivity index (χ3v) is 4.50. The van der Waals surface area contributed by atoms with Gasteiger partial charge in [-0.1, -0.05) is 18.0 Å². The van der Waals surface area contributed by atoms with Crippen molar-refractivity contribution in [3.8, 4) is 0 Å². The van der Waals surface area contributed by atoms with E-state index < -0.39 is 6.04 Å². The number of aromatic nitrogens is 2. The van der Waals surface area contributed by atoms with E-state index >= 15 is 0 Å². The van der Waals surface area contributed by atoms with Gasteiger partial charge in [-0.15, -0.1) is 0 Å². The average molecular weight is 297 g/mol. The number of fused-ring (bicyclic) bond motifs is 1. The van der Waals surface area contributed by atoms with E-state index in [-0.39, 0.29) is 17.4 Å². The zero-order valence-electron chi connectivity index (χ0n) is 11.4. The van der Waals surface area contributed by atoms with Gasteiger partial charge >= 0.3 is 5.97 Å². The Balaban J connectivity index is 2.05. The number of esters is 1. The van der Waals surface area contributed by atoms with E-state index in [1.165, 1.54) is 4.57 Å². The van der Waals surface area contributed by atoms with E-state index in [1.807, 2.05) is 0 Å². The molecule has 1 atom stereocenters. The molecule has 0 radical (unpaired) electrons. The van der Waals surface area contributed by atoms with Gasteiger partial charge in [-0.05, 0) is 32.6 Å². The number of rotatable bonds is 3. The summed E-state index contributed by atoms with van der Waals surface area (Å²) in [5, 5.41) is 0.360. The zero-order chi connectivity index (χ0) is 14.3. The summed E-state index contributed by atoms with van der Waals surface area (Å²) in [6.45, 7) is 2.07. The van der Waals surface area contributed by atoms with Crippen LogP contribution < -0.4 is 5.56 Å². The second kappa shape index (κ2) is 5.20. The minimum atomic E-state index is -0.545. The van der Waals surface area contributed by atoms with Gasteiger partial charge in [-0.25, -0.2) is 9.78 Å². The fraction of sp³-hybridized carbons (Fsp3) is 0.643. The van der Waals surface area contributed by atoms with E-state index in [0.717, 1.165) is 19.3 Å². The van der Waals surface area contributed by atoms with Crippen molar-refractivity contribution < 1.29 is 9.53 Å². The number of halogens is 1. The van der Waals surface area contributed by atoms with Crippen LogP contribution in [0.25, 0.3) is 0 Å². The maximum absolute atomic E-state index is 12.6. The molecule has 108 valence electrons. The van der Waals surface area contributed by atoms with Crippen molar-refractivity contribution in [2.75, 3.05) is 6.61 Å². The number of ether oxygens (including phenoxy) is 1. The summed E-state index contributed by atoms with van der Waals surface area (Å²) in [4.78, 5) is 28.9. The van der Waals surface area contributed by atoms with Gasteiger partial charge in [0.2, 0.25) is 0 Å². The third-order valence-electron chi connectivity index (χ3n) is 4.20. The summed E-state index contributed by atoms with van der Waals surface area (Å²) >= 11 is 6.20. The molecular formula is C14H17ClN2O3. The fourth-order valence-electron chi connectivity index (χ4n) is 2.93. The molecule has 1 aliphatic heterocycles. The summed E-state index contributed by atoms with van der Waals surface area (Å²) < 4.78 is 6.57. The summed E-state index contributed by atoms with van der Waals surface area (Å²) in [6, 6.07) is -0.545. The van der Waals surface area contributed by atoms with Crippen molar-refractivity contribution in [3.05, 3.63) is 26.9 Å². The van der Waals surface area contributed by atoms with Crippen LogP contribution in [-0.4, -0.2) is 22.1 Å². The molecule has 2 heterocycles. The highest BCUT2D eigenvalue weighted by atomic mass is 35.5. The lowest BCUT2D eigenvalue weighted by Gasteiger charge is -2.25. The molecule has 1 aliphatic carbocycles. The first-order valence-corrected chi connectivity index (χ1v) is 7.48. The highest BCUT2D eigenvalue weighted by Gasteiger charge is 2.35. The molecule has 3 rings (SSSR count). The molecule has 1 aromatic rings. The zero-order valence-corrected chi connectivity index (χ0v) is 12.2. The molecule has 1 fully saturated rings. The van der Waals surface area contributed by atoms with Gasteiger partial charge in [0.25, 0.3) is 5.56 Å². The average Bonchev–Trinajstić information content (AvgIpc) is 2.79. The van der Waals surface area contributed by atoms with Crippen LogP contribution in [0.3, 0.4) is 0 Å². The highest BCUT2D eigenvalue weighted by Crippen LogP contribution is 2.36. The number of carbonyl (C=O) groups excluding carboxylic acids is 1. The summed E-state index contributed by atoms with van der Waals surface area (Å²) in [7, 11) is 0. The Labute approximate surface area is 121 Å². The minimum Gasteiger partial charge on any atom is -0.464 e. The number of hydrogen-bond acceptors (Lipinski definition) is 4. The molecule has 0 N–H and O–H groups in total. The Kier molecular flexibility index (Phi) is 3.54. The summed E-state index contributed by atoms with van der Waals surface area (Å²) in [6.07, 6.45) is 4.22. The maximum Gasteiger partial charge on any atom is 0.329 e. The van der Waals surface area contributed by atoms with E-state index in [4.69, 9.17) is 16.3 Å². The molecule has 0 bridgehead atoms. The second-order valence-corrected chi connectivity index (χ2v) is 5.70. The van der Waals surface area contributed by atoms with Crippen LogP contribution in [0.4, 0.5) is 0 Å². The van der Waals surface area contributed by atoms with Gasteiger partial charge in [-0.2, -0.15) is 0 Å². The van der Waals surface area contributed by atoms with Gasteiger partial charge in [0.15, 0.2) is 0 Å². The van der Waals surface area contributed by atoms with Crippen LogP contribution >= 0.6 is 11.6 Å². The Bertz CT molecular complexity index is 607. The van der Waals surface area contributed by atoms with Gasteiger partial charge < -0.3 is 4.74 Å². The summed E-state index contributed by atoms with van der Waals surface area (Å²) in [5.74, 6) is -0.156. The Hall–Kier alpha value is -1.36. The van der Waals surface area contributed by atoms with E-state index in [9.17, 15) is 9.59 Å². The quantitative estimate of drug-likeness (QED) is 0.802. The number of carbonyl (C=O) groups is 1. The molecule has 0 saturated heterocycles. The Morgan fingerprint density at radius 3 is 2.80 bits per heavy atom. The lowest BCUT2D eigenvalue weighted by atomic mass is 9.83. The van der Waals surface area contributed by atoms with Gasteiger partial charge in [0.05, 0.1) is 12.3 Å². The maximum atomic E-state index is 12.6. The van der Waals surface area contributed by atoms with Crippen molar-refractivity contribution in [1.82, 2.24) is 9.55 Å². The minimum absolute atomic E-state index is 0.162. The third kappa shape index (κ3) is 2.04. The van der Waals surface area contributed by atoms with Crippen LogP contribution in [-0.2, 0) is 16.0 Å². The number of nitrogens with zero attached hydrogens (tertiary/aromatic N) is 2. The van der Waals surface area contributed by atoms with Crippen molar-refractivity contribution in [1.29, 1.82) is 0 Å². The van der Waals surface area contributed by atoms with Crippen molar-refractivity contribution in [3.63, 3.8) is 0 Å². The molecule has 0 amide bonds. The molecule has 0 aromatic carbocycles. The van der Waals surface area contributed by atoms with Crippen LogP contribution in [0.5, 0.6) is 0 Å².